The molecule has 0 aliphatic heterocycles. The van der Waals surface area contributed by atoms with Crippen molar-refractivity contribution in [2.24, 2.45) is 5.92 Å². The van der Waals surface area contributed by atoms with Gasteiger partial charge in [0.2, 0.25) is 0 Å². The summed E-state index contributed by atoms with van der Waals surface area (Å²) in [6.45, 7) is 5.82. The molecular weight excluding hydrogens is 253 g/mol. The molecule has 0 bridgehead atoms. The van der Waals surface area contributed by atoms with E-state index in [0.29, 0.717) is 24.1 Å². The number of nitrogens with zero attached hydrogens (tertiary/aromatic N) is 2. The van der Waals surface area contributed by atoms with E-state index in [0.717, 1.165) is 18.5 Å². The van der Waals surface area contributed by atoms with Gasteiger partial charge in [0.15, 0.2) is 0 Å². The molecule has 1 N–H and O–H groups in total. The van der Waals surface area contributed by atoms with Crippen LogP contribution in [-0.4, -0.2) is 31.6 Å². The van der Waals surface area contributed by atoms with E-state index in [1.54, 1.807) is 0 Å². The highest BCUT2D eigenvalue weighted by Gasteiger charge is 2.13. The third-order valence-corrected chi connectivity index (χ3v) is 3.11. The van der Waals surface area contributed by atoms with Gasteiger partial charge in [0, 0.05) is 19.1 Å². The molecule has 1 rings (SSSR count). The normalized spacial score (nSPS) is 12.7. The van der Waals surface area contributed by atoms with Gasteiger partial charge < -0.3 is 10.2 Å². The maximum Gasteiger partial charge on any atom is 0.123 e. The van der Waals surface area contributed by atoms with E-state index < -0.39 is 0 Å². The smallest absolute Gasteiger partial charge is 0.123 e. The first kappa shape index (κ1) is 16.6. The predicted octanol–water partition coefficient (Wildman–Crippen LogP) is 2.76. The van der Waals surface area contributed by atoms with Crippen LogP contribution in [0.15, 0.2) is 18.2 Å². The molecule has 0 aliphatic rings. The molecule has 4 heteroatoms. The van der Waals surface area contributed by atoms with Gasteiger partial charge in [-0.25, -0.2) is 4.39 Å². The molecule has 0 saturated heterocycles. The van der Waals surface area contributed by atoms with E-state index in [2.05, 4.69) is 30.1 Å². The number of benzene rings is 1. The Bertz CT molecular complexity index is 453. The van der Waals surface area contributed by atoms with Crippen molar-refractivity contribution in [2.75, 3.05) is 20.6 Å². The SMILES string of the molecule is CC(C)CC(CN(C)C)NCc1cc(F)ccc1C#N. The summed E-state index contributed by atoms with van der Waals surface area (Å²) in [6, 6.07) is 6.75. The molecule has 110 valence electrons. The summed E-state index contributed by atoms with van der Waals surface area (Å²) in [5.41, 5.74) is 1.26. The minimum Gasteiger partial charge on any atom is -0.309 e. The number of nitrogens with one attached hydrogen (secondary N) is 1. The standard InChI is InChI=1S/C16H24FN3/c1-12(2)7-16(11-20(3)4)19-10-14-8-15(17)6-5-13(14)9-18/h5-6,8,12,16,19H,7,10-11H2,1-4H3. The highest BCUT2D eigenvalue weighted by molar-refractivity contribution is 5.37. The Morgan fingerprint density at radius 3 is 2.60 bits per heavy atom. The van der Waals surface area contributed by atoms with E-state index in [9.17, 15) is 4.39 Å². The summed E-state index contributed by atoms with van der Waals surface area (Å²) in [5.74, 6) is 0.296. The molecule has 0 heterocycles. The lowest BCUT2D eigenvalue weighted by molar-refractivity contribution is 0.305. The van der Waals surface area contributed by atoms with Gasteiger partial charge in [0.1, 0.15) is 5.82 Å². The molecule has 0 saturated carbocycles. The van der Waals surface area contributed by atoms with Crippen LogP contribution >= 0.6 is 0 Å². The predicted molar refractivity (Wildman–Crippen MR) is 79.8 cm³/mol. The molecule has 20 heavy (non-hydrogen) atoms. The third-order valence-electron chi connectivity index (χ3n) is 3.11. The summed E-state index contributed by atoms with van der Waals surface area (Å²) in [5, 5.41) is 12.5. The Morgan fingerprint density at radius 2 is 2.05 bits per heavy atom. The molecule has 1 atom stereocenters. The van der Waals surface area contributed by atoms with Crippen molar-refractivity contribution in [2.45, 2.75) is 32.9 Å². The maximum absolute atomic E-state index is 13.3. The molecule has 1 aromatic rings. The van der Waals surface area contributed by atoms with Crippen LogP contribution in [-0.2, 0) is 6.54 Å². The molecular formula is C16H24FN3. The quantitative estimate of drug-likeness (QED) is 0.833. The van der Waals surface area contributed by atoms with Crippen LogP contribution < -0.4 is 5.32 Å². The molecule has 1 aromatic carbocycles. The van der Waals surface area contributed by atoms with Crippen molar-refractivity contribution >= 4 is 0 Å². The topological polar surface area (TPSA) is 39.1 Å². The molecule has 0 spiro atoms. The zero-order valence-corrected chi connectivity index (χ0v) is 12.8. The summed E-state index contributed by atoms with van der Waals surface area (Å²) >= 11 is 0. The Morgan fingerprint density at radius 1 is 1.35 bits per heavy atom. The number of hydrogen-bond donors (Lipinski definition) is 1. The molecule has 0 aliphatic carbocycles. The lowest BCUT2D eigenvalue weighted by Crippen LogP contribution is -2.39. The van der Waals surface area contributed by atoms with Gasteiger partial charge >= 0.3 is 0 Å². The summed E-state index contributed by atoms with van der Waals surface area (Å²) in [6.07, 6.45) is 1.05. The van der Waals surface area contributed by atoms with Gasteiger partial charge in [-0.1, -0.05) is 13.8 Å². The second-order valence-corrected chi connectivity index (χ2v) is 5.88. The average Bonchev–Trinajstić information content (AvgIpc) is 2.34. The van der Waals surface area contributed by atoms with E-state index in [1.807, 2.05) is 14.1 Å². The minimum atomic E-state index is -0.297. The van der Waals surface area contributed by atoms with Crippen LogP contribution in [0.5, 0.6) is 0 Å². The lowest BCUT2D eigenvalue weighted by atomic mass is 10.0. The highest BCUT2D eigenvalue weighted by Crippen LogP contribution is 2.12. The fourth-order valence-electron chi connectivity index (χ4n) is 2.30. The second-order valence-electron chi connectivity index (χ2n) is 5.88. The molecule has 3 nitrogen and oxygen atoms in total. The van der Waals surface area contributed by atoms with E-state index in [-0.39, 0.29) is 5.82 Å². The van der Waals surface area contributed by atoms with Gasteiger partial charge in [0.05, 0.1) is 11.6 Å². The van der Waals surface area contributed by atoms with E-state index >= 15 is 0 Å². The monoisotopic (exact) mass is 277 g/mol. The number of hydrogen-bond acceptors (Lipinski definition) is 3. The van der Waals surface area contributed by atoms with Crippen LogP contribution in [0.4, 0.5) is 4.39 Å². The Kier molecular flexibility index (Phi) is 6.63. The molecule has 1 unspecified atom stereocenters. The zero-order valence-electron chi connectivity index (χ0n) is 12.8. The molecule has 0 radical (unpaired) electrons. The first-order valence-corrected chi connectivity index (χ1v) is 6.99. The second kappa shape index (κ2) is 7.98. The van der Waals surface area contributed by atoms with Crippen LogP contribution in [0, 0.1) is 23.1 Å². The van der Waals surface area contributed by atoms with Crippen LogP contribution in [0.2, 0.25) is 0 Å². The van der Waals surface area contributed by atoms with Gasteiger partial charge in [-0.2, -0.15) is 5.26 Å². The van der Waals surface area contributed by atoms with Crippen molar-refractivity contribution < 1.29 is 4.39 Å². The number of rotatable bonds is 7. The molecule has 0 fully saturated rings. The van der Waals surface area contributed by atoms with Crippen LogP contribution in [0.3, 0.4) is 0 Å². The van der Waals surface area contributed by atoms with Gasteiger partial charge in [-0.05, 0) is 50.2 Å². The first-order valence-electron chi connectivity index (χ1n) is 6.99. The van der Waals surface area contributed by atoms with E-state index in [1.165, 1.54) is 18.2 Å². The lowest BCUT2D eigenvalue weighted by Gasteiger charge is -2.24. The van der Waals surface area contributed by atoms with Crippen molar-refractivity contribution in [1.29, 1.82) is 5.26 Å². The molecule has 0 amide bonds. The molecule has 0 aromatic heterocycles. The maximum atomic E-state index is 13.3. The van der Waals surface area contributed by atoms with Gasteiger partial charge in [-0.3, -0.25) is 0 Å². The summed E-state index contributed by atoms with van der Waals surface area (Å²) in [7, 11) is 4.08. The Hall–Kier alpha value is -1.44. The van der Waals surface area contributed by atoms with Crippen LogP contribution in [0.25, 0.3) is 0 Å². The minimum absolute atomic E-state index is 0.297. The van der Waals surface area contributed by atoms with E-state index in [4.69, 9.17) is 5.26 Å². The zero-order chi connectivity index (χ0) is 15.1. The van der Waals surface area contributed by atoms with Crippen molar-refractivity contribution in [3.05, 3.63) is 35.1 Å². The summed E-state index contributed by atoms with van der Waals surface area (Å²) < 4.78 is 13.3. The average molecular weight is 277 g/mol. The largest absolute Gasteiger partial charge is 0.309 e. The van der Waals surface area contributed by atoms with Gasteiger partial charge in [-0.15, -0.1) is 0 Å². The fourth-order valence-corrected chi connectivity index (χ4v) is 2.30. The van der Waals surface area contributed by atoms with Crippen molar-refractivity contribution in [1.82, 2.24) is 10.2 Å². The number of nitriles is 1. The van der Waals surface area contributed by atoms with Crippen molar-refractivity contribution in [3.63, 3.8) is 0 Å². The van der Waals surface area contributed by atoms with Crippen molar-refractivity contribution in [3.8, 4) is 6.07 Å². The van der Waals surface area contributed by atoms with Gasteiger partial charge in [0.25, 0.3) is 0 Å². The number of halogens is 1. The highest BCUT2D eigenvalue weighted by atomic mass is 19.1. The Balaban J connectivity index is 2.71. The number of likely N-dealkylation sites (N-methyl/N-ethyl adjacent to an activating group) is 1. The fraction of sp³-hybridized carbons (Fsp3) is 0.562. The first-order chi connectivity index (χ1) is 9.42. The third kappa shape index (κ3) is 5.68. The summed E-state index contributed by atoms with van der Waals surface area (Å²) in [4.78, 5) is 2.14. The van der Waals surface area contributed by atoms with Crippen LogP contribution in [0.1, 0.15) is 31.4 Å². The Labute approximate surface area is 121 Å².